The molecule has 0 bridgehead atoms. The Morgan fingerprint density at radius 2 is 1.92 bits per heavy atom. The van der Waals surface area contributed by atoms with Gasteiger partial charge in [-0.15, -0.1) is 11.8 Å². The van der Waals surface area contributed by atoms with Crippen LogP contribution in [0.5, 0.6) is 0 Å². The number of rotatable bonds is 8. The molecule has 0 radical (unpaired) electrons. The molecule has 146 valence electrons. The molecule has 0 aliphatic carbocycles. The lowest BCUT2D eigenvalue weighted by molar-refractivity contribution is -0.325. The average Bonchev–Trinajstić information content (AvgIpc) is 2.68. The van der Waals surface area contributed by atoms with Crippen LogP contribution in [-0.2, 0) is 23.7 Å². The van der Waals surface area contributed by atoms with Crippen molar-refractivity contribution in [1.82, 2.24) is 0 Å². The molecule has 0 spiro atoms. The highest BCUT2D eigenvalue weighted by Crippen LogP contribution is 2.38. The van der Waals surface area contributed by atoms with E-state index in [1.165, 1.54) is 0 Å². The number of thioether (sulfide) groups is 1. The Hall–Kier alpha value is -0.630. The number of methoxy groups -OCH3 is 1. The predicted molar refractivity (Wildman–Crippen MR) is 102 cm³/mol. The summed E-state index contributed by atoms with van der Waals surface area (Å²) in [5, 5.41) is 0. The molecule has 26 heavy (non-hydrogen) atoms. The number of ether oxygens (including phenoxy) is 5. The zero-order valence-electron chi connectivity index (χ0n) is 15.8. The molecule has 0 saturated carbocycles. The van der Waals surface area contributed by atoms with Crippen LogP contribution in [0.2, 0.25) is 0 Å². The first-order valence-electron chi connectivity index (χ1n) is 9.52. The second-order valence-corrected chi connectivity index (χ2v) is 7.94. The van der Waals surface area contributed by atoms with E-state index in [-0.39, 0.29) is 29.9 Å². The normalized spacial score (nSPS) is 34.4. The summed E-state index contributed by atoms with van der Waals surface area (Å²) >= 11 is 1.74. The van der Waals surface area contributed by atoms with Crippen molar-refractivity contribution >= 4 is 11.8 Å². The van der Waals surface area contributed by atoms with E-state index in [2.05, 4.69) is 13.8 Å². The minimum atomic E-state index is -0.397. The van der Waals surface area contributed by atoms with Gasteiger partial charge in [0.25, 0.3) is 0 Å². The van der Waals surface area contributed by atoms with Gasteiger partial charge < -0.3 is 23.7 Å². The lowest BCUT2D eigenvalue weighted by Gasteiger charge is -2.48. The molecule has 0 N–H and O–H groups in total. The van der Waals surface area contributed by atoms with Gasteiger partial charge in [-0.1, -0.05) is 50.6 Å². The lowest BCUT2D eigenvalue weighted by Crippen LogP contribution is -2.62. The third-order valence-electron chi connectivity index (χ3n) is 4.77. The number of hydrogen-bond donors (Lipinski definition) is 0. The van der Waals surface area contributed by atoms with Gasteiger partial charge in [0.1, 0.15) is 29.9 Å². The van der Waals surface area contributed by atoms with E-state index >= 15 is 0 Å². The molecule has 3 rings (SSSR count). The molecular weight excluding hydrogens is 352 g/mol. The Bertz CT molecular complexity index is 528. The van der Waals surface area contributed by atoms with Gasteiger partial charge in [-0.05, 0) is 12.2 Å². The van der Waals surface area contributed by atoms with Gasteiger partial charge in [0.15, 0.2) is 6.29 Å². The van der Waals surface area contributed by atoms with Crippen molar-refractivity contribution in [2.45, 2.75) is 62.8 Å². The second kappa shape index (κ2) is 10.1. The standard InChI is InChI=1S/C20H30O5S/c1-4-6-12-22-17-16-15(24-20(26-5-2)18(17)21-3)13-23-19(25-16)14-10-8-7-9-11-14/h7-11,15-20H,4-6,12-13H2,1-3H3/t15?,16-,17?,18+,19?,20?/m1/s1. The van der Waals surface area contributed by atoms with Crippen molar-refractivity contribution < 1.29 is 23.7 Å². The smallest absolute Gasteiger partial charge is 0.184 e. The SMILES string of the molecule is CCCCOC1[C@@H]2OC(c3ccccc3)OCC2OC(SCC)[C@H]1OC. The van der Waals surface area contributed by atoms with Crippen LogP contribution in [0, 0.1) is 0 Å². The van der Waals surface area contributed by atoms with Gasteiger partial charge in [-0.2, -0.15) is 0 Å². The minimum absolute atomic E-state index is 0.0710. The Kier molecular flexibility index (Phi) is 7.78. The van der Waals surface area contributed by atoms with Crippen molar-refractivity contribution in [3.8, 4) is 0 Å². The molecule has 1 aromatic carbocycles. The number of unbranched alkanes of at least 4 members (excludes halogenated alkanes) is 1. The first kappa shape index (κ1) is 20.1. The van der Waals surface area contributed by atoms with E-state index in [4.69, 9.17) is 23.7 Å². The van der Waals surface area contributed by atoms with Crippen LogP contribution in [0.1, 0.15) is 38.5 Å². The molecule has 0 amide bonds. The second-order valence-electron chi connectivity index (χ2n) is 6.56. The summed E-state index contributed by atoms with van der Waals surface area (Å²) in [6.45, 7) is 5.48. The van der Waals surface area contributed by atoms with Crippen molar-refractivity contribution in [3.63, 3.8) is 0 Å². The number of fused-ring (bicyclic) bond motifs is 1. The maximum Gasteiger partial charge on any atom is 0.184 e. The summed E-state index contributed by atoms with van der Waals surface area (Å²) in [5.41, 5.74) is 0.940. The molecule has 4 unspecified atom stereocenters. The Morgan fingerprint density at radius 1 is 1.12 bits per heavy atom. The predicted octanol–water partition coefficient (Wildman–Crippen LogP) is 3.78. The summed E-state index contributed by atoms with van der Waals surface area (Å²) in [5.74, 6) is 0.956. The molecule has 6 heteroatoms. The third-order valence-corrected chi connectivity index (χ3v) is 5.81. The summed E-state index contributed by atoms with van der Waals surface area (Å²) in [4.78, 5) is 0. The van der Waals surface area contributed by atoms with E-state index in [0.29, 0.717) is 13.2 Å². The van der Waals surface area contributed by atoms with Gasteiger partial charge in [0.05, 0.1) is 6.61 Å². The molecule has 2 aliphatic rings. The number of benzene rings is 1. The molecule has 2 aliphatic heterocycles. The molecule has 0 aromatic heterocycles. The molecule has 6 atom stereocenters. The number of hydrogen-bond acceptors (Lipinski definition) is 6. The van der Waals surface area contributed by atoms with Crippen molar-refractivity contribution in [3.05, 3.63) is 35.9 Å². The maximum absolute atomic E-state index is 6.32. The fourth-order valence-corrected chi connectivity index (χ4v) is 4.43. The Labute approximate surface area is 160 Å². The van der Waals surface area contributed by atoms with Crippen LogP contribution < -0.4 is 0 Å². The van der Waals surface area contributed by atoms with Gasteiger partial charge in [0, 0.05) is 19.3 Å². The lowest BCUT2D eigenvalue weighted by atomic mass is 9.98. The first-order chi connectivity index (χ1) is 12.8. The zero-order chi connectivity index (χ0) is 18.4. The zero-order valence-corrected chi connectivity index (χ0v) is 16.7. The van der Waals surface area contributed by atoms with Gasteiger partial charge in [0.2, 0.25) is 0 Å². The molecule has 1 aromatic rings. The van der Waals surface area contributed by atoms with Crippen LogP contribution in [0.4, 0.5) is 0 Å². The molecule has 5 nitrogen and oxygen atoms in total. The maximum atomic E-state index is 6.32. The monoisotopic (exact) mass is 382 g/mol. The Balaban J connectivity index is 1.77. The van der Waals surface area contributed by atoms with Gasteiger partial charge in [-0.3, -0.25) is 0 Å². The van der Waals surface area contributed by atoms with Crippen molar-refractivity contribution in [2.24, 2.45) is 0 Å². The highest BCUT2D eigenvalue weighted by molar-refractivity contribution is 7.99. The summed E-state index contributed by atoms with van der Waals surface area (Å²) in [6.07, 6.45) is 1.05. The van der Waals surface area contributed by atoms with Crippen molar-refractivity contribution in [1.29, 1.82) is 0 Å². The van der Waals surface area contributed by atoms with E-state index in [0.717, 1.165) is 24.2 Å². The van der Waals surface area contributed by atoms with Crippen molar-refractivity contribution in [2.75, 3.05) is 26.1 Å². The average molecular weight is 383 g/mol. The fourth-order valence-electron chi connectivity index (χ4n) is 3.43. The van der Waals surface area contributed by atoms with Crippen LogP contribution in [0.15, 0.2) is 30.3 Å². The van der Waals surface area contributed by atoms with Gasteiger partial charge >= 0.3 is 0 Å². The molecule has 2 fully saturated rings. The quantitative estimate of drug-likeness (QED) is 0.638. The van der Waals surface area contributed by atoms with Crippen LogP contribution >= 0.6 is 11.8 Å². The van der Waals surface area contributed by atoms with E-state index in [9.17, 15) is 0 Å². The summed E-state index contributed by atoms with van der Waals surface area (Å²) in [6, 6.07) is 10.0. The largest absolute Gasteiger partial charge is 0.375 e. The fraction of sp³-hybridized carbons (Fsp3) is 0.700. The molecule has 2 heterocycles. The molecular formula is C20H30O5S. The van der Waals surface area contributed by atoms with Gasteiger partial charge in [-0.25, -0.2) is 0 Å². The Morgan fingerprint density at radius 3 is 2.62 bits per heavy atom. The topological polar surface area (TPSA) is 46.2 Å². The third kappa shape index (κ3) is 4.61. The highest BCUT2D eigenvalue weighted by Gasteiger charge is 2.50. The van der Waals surface area contributed by atoms with E-state index < -0.39 is 6.29 Å². The van der Waals surface area contributed by atoms with E-state index in [1.54, 1.807) is 18.9 Å². The summed E-state index contributed by atoms with van der Waals surface area (Å²) in [7, 11) is 1.72. The van der Waals surface area contributed by atoms with E-state index in [1.807, 2.05) is 30.3 Å². The van der Waals surface area contributed by atoms with Crippen LogP contribution in [0.3, 0.4) is 0 Å². The molecule has 2 saturated heterocycles. The van der Waals surface area contributed by atoms with Crippen LogP contribution in [0.25, 0.3) is 0 Å². The minimum Gasteiger partial charge on any atom is -0.375 e. The highest BCUT2D eigenvalue weighted by atomic mass is 32.2. The van der Waals surface area contributed by atoms with Crippen LogP contribution in [-0.4, -0.2) is 55.9 Å². The first-order valence-corrected chi connectivity index (χ1v) is 10.6. The summed E-state index contributed by atoms with van der Waals surface area (Å²) < 4.78 is 30.6.